The zero-order chi connectivity index (χ0) is 16.3. The fraction of sp³-hybridized carbons (Fsp3) is 0.400. The van der Waals surface area contributed by atoms with Crippen LogP contribution in [0.25, 0.3) is 10.6 Å². The van der Waals surface area contributed by atoms with Crippen LogP contribution in [0.1, 0.15) is 25.6 Å². The van der Waals surface area contributed by atoms with Crippen LogP contribution in [-0.4, -0.2) is 22.8 Å². The van der Waals surface area contributed by atoms with Gasteiger partial charge in [-0.3, -0.25) is 9.59 Å². The summed E-state index contributed by atoms with van der Waals surface area (Å²) >= 11 is 3.05. The Balaban J connectivity index is 2.08. The molecule has 0 saturated heterocycles. The van der Waals surface area contributed by atoms with Crippen LogP contribution in [0.2, 0.25) is 0 Å². The van der Waals surface area contributed by atoms with E-state index in [1.807, 2.05) is 38.3 Å². The Morgan fingerprint density at radius 2 is 2.00 bits per heavy atom. The monoisotopic (exact) mass is 337 g/mol. The molecule has 0 aliphatic rings. The molecule has 1 unspecified atom stereocenters. The van der Waals surface area contributed by atoms with Gasteiger partial charge in [0, 0.05) is 17.2 Å². The number of carbonyl (C=O) groups excluding carboxylic acids is 2. The number of amides is 2. The number of aromatic nitrogens is 1. The number of nitrogens with zero attached hydrogens (tertiary/aromatic N) is 1. The molecular weight excluding hydrogens is 318 g/mol. The molecule has 2 heterocycles. The molecule has 2 aromatic heterocycles. The lowest BCUT2D eigenvalue weighted by atomic mass is 10.0. The second-order valence-corrected chi connectivity index (χ2v) is 7.51. The van der Waals surface area contributed by atoms with Crippen molar-refractivity contribution in [3.05, 3.63) is 22.4 Å². The van der Waals surface area contributed by atoms with Crippen molar-refractivity contribution in [1.29, 1.82) is 0 Å². The summed E-state index contributed by atoms with van der Waals surface area (Å²) in [6, 6.07) is 3.51. The van der Waals surface area contributed by atoms with Crippen molar-refractivity contribution >= 4 is 39.6 Å². The van der Waals surface area contributed by atoms with E-state index in [0.29, 0.717) is 5.13 Å². The van der Waals surface area contributed by atoms with Gasteiger partial charge in [-0.1, -0.05) is 13.8 Å². The average molecular weight is 337 g/mol. The van der Waals surface area contributed by atoms with Gasteiger partial charge in [-0.2, -0.15) is 0 Å². The molecule has 0 aliphatic carbocycles. The molecule has 7 heteroatoms. The summed E-state index contributed by atoms with van der Waals surface area (Å²) in [7, 11) is 0. The molecule has 0 saturated carbocycles. The molecule has 0 fully saturated rings. The van der Waals surface area contributed by atoms with E-state index in [2.05, 4.69) is 15.6 Å². The lowest BCUT2D eigenvalue weighted by molar-refractivity contribution is -0.126. The predicted molar refractivity (Wildman–Crippen MR) is 91.2 cm³/mol. The summed E-state index contributed by atoms with van der Waals surface area (Å²) in [6.07, 6.45) is 0. The van der Waals surface area contributed by atoms with Gasteiger partial charge in [0.2, 0.25) is 11.8 Å². The average Bonchev–Trinajstić information content (AvgIpc) is 3.04. The Morgan fingerprint density at radius 3 is 2.55 bits per heavy atom. The second kappa shape index (κ2) is 7.02. The Hall–Kier alpha value is -1.73. The Morgan fingerprint density at radius 1 is 1.27 bits per heavy atom. The maximum absolute atomic E-state index is 12.3. The fourth-order valence-corrected chi connectivity index (χ4v) is 3.57. The molecule has 2 amide bonds. The quantitative estimate of drug-likeness (QED) is 0.879. The van der Waals surface area contributed by atoms with Gasteiger partial charge in [0.15, 0.2) is 5.13 Å². The van der Waals surface area contributed by atoms with E-state index >= 15 is 0 Å². The highest BCUT2D eigenvalue weighted by molar-refractivity contribution is 7.17. The molecule has 0 aromatic carbocycles. The Kier molecular flexibility index (Phi) is 5.31. The summed E-state index contributed by atoms with van der Waals surface area (Å²) in [6.45, 7) is 7.23. The number of thiophene rings is 1. The summed E-state index contributed by atoms with van der Waals surface area (Å²) in [5, 5.41) is 7.92. The minimum Gasteiger partial charge on any atom is -0.344 e. The molecule has 0 aliphatic heterocycles. The molecule has 1 atom stereocenters. The fourth-order valence-electron chi connectivity index (χ4n) is 1.95. The third-order valence-electron chi connectivity index (χ3n) is 3.04. The topological polar surface area (TPSA) is 71.1 Å². The number of anilines is 1. The van der Waals surface area contributed by atoms with E-state index in [-0.39, 0.29) is 17.7 Å². The van der Waals surface area contributed by atoms with Crippen LogP contribution in [0.3, 0.4) is 0 Å². The first kappa shape index (κ1) is 16.6. The first-order valence-corrected chi connectivity index (χ1v) is 8.66. The third-order valence-corrected chi connectivity index (χ3v) is 4.82. The molecule has 0 spiro atoms. The van der Waals surface area contributed by atoms with Gasteiger partial charge in [0.05, 0.1) is 10.6 Å². The predicted octanol–water partition coefficient (Wildman–Crippen LogP) is 3.28. The molecule has 2 rings (SSSR count). The summed E-state index contributed by atoms with van der Waals surface area (Å²) in [5.41, 5.74) is 0.860. The van der Waals surface area contributed by atoms with Crippen LogP contribution >= 0.6 is 22.7 Å². The number of thiazole rings is 1. The molecule has 0 radical (unpaired) electrons. The Labute approximate surface area is 137 Å². The lowest BCUT2D eigenvalue weighted by Crippen LogP contribution is -2.46. The van der Waals surface area contributed by atoms with E-state index in [0.717, 1.165) is 10.6 Å². The van der Waals surface area contributed by atoms with Gasteiger partial charge in [0.1, 0.15) is 6.04 Å². The van der Waals surface area contributed by atoms with E-state index in [1.165, 1.54) is 23.1 Å². The van der Waals surface area contributed by atoms with Gasteiger partial charge in [-0.25, -0.2) is 4.98 Å². The standard InChI is InChI=1S/C15H19N3O2S2/c1-8(2)13(16-10(4)19)14(20)18-15-17-11(7-21-15)12-6-5-9(3)22-12/h5-8,13H,1-4H3,(H,16,19)(H,17,18,20). The number of nitrogens with one attached hydrogen (secondary N) is 2. The van der Waals surface area contributed by atoms with Crippen LogP contribution in [-0.2, 0) is 9.59 Å². The van der Waals surface area contributed by atoms with Crippen LogP contribution in [0.4, 0.5) is 5.13 Å². The normalized spacial score (nSPS) is 12.2. The minimum absolute atomic E-state index is 0.00304. The molecular formula is C15H19N3O2S2. The van der Waals surface area contributed by atoms with Gasteiger partial charge in [-0.05, 0) is 25.0 Å². The van der Waals surface area contributed by atoms with E-state index < -0.39 is 6.04 Å². The zero-order valence-electron chi connectivity index (χ0n) is 13.0. The Bertz CT molecular complexity index is 676. The molecule has 118 valence electrons. The van der Waals surface area contributed by atoms with Gasteiger partial charge >= 0.3 is 0 Å². The summed E-state index contributed by atoms with van der Waals surface area (Å²) in [5.74, 6) is -0.459. The van der Waals surface area contributed by atoms with E-state index in [1.54, 1.807) is 11.3 Å². The first-order chi connectivity index (χ1) is 10.4. The molecule has 22 heavy (non-hydrogen) atoms. The van der Waals surface area contributed by atoms with Crippen molar-refractivity contribution < 1.29 is 9.59 Å². The van der Waals surface area contributed by atoms with Crippen LogP contribution in [0, 0.1) is 12.8 Å². The summed E-state index contributed by atoms with van der Waals surface area (Å²) in [4.78, 5) is 30.2. The number of hydrogen-bond acceptors (Lipinski definition) is 5. The van der Waals surface area contributed by atoms with E-state index in [9.17, 15) is 9.59 Å². The van der Waals surface area contributed by atoms with Crippen LogP contribution < -0.4 is 10.6 Å². The molecule has 5 nitrogen and oxygen atoms in total. The maximum atomic E-state index is 12.3. The number of carbonyl (C=O) groups is 2. The SMILES string of the molecule is CC(=O)NC(C(=O)Nc1nc(-c2ccc(C)s2)cs1)C(C)C. The molecule has 2 aromatic rings. The van der Waals surface area contributed by atoms with Crippen molar-refractivity contribution in [2.75, 3.05) is 5.32 Å². The van der Waals surface area contributed by atoms with Crippen LogP contribution in [0.15, 0.2) is 17.5 Å². The highest BCUT2D eigenvalue weighted by Gasteiger charge is 2.23. The van der Waals surface area contributed by atoms with Crippen molar-refractivity contribution in [2.24, 2.45) is 5.92 Å². The maximum Gasteiger partial charge on any atom is 0.248 e. The highest BCUT2D eigenvalue weighted by Crippen LogP contribution is 2.30. The largest absolute Gasteiger partial charge is 0.344 e. The number of hydrogen-bond donors (Lipinski definition) is 2. The van der Waals surface area contributed by atoms with Crippen molar-refractivity contribution in [2.45, 2.75) is 33.7 Å². The lowest BCUT2D eigenvalue weighted by Gasteiger charge is -2.20. The van der Waals surface area contributed by atoms with Crippen molar-refractivity contribution in [1.82, 2.24) is 10.3 Å². The van der Waals surface area contributed by atoms with E-state index in [4.69, 9.17) is 0 Å². The van der Waals surface area contributed by atoms with Crippen molar-refractivity contribution in [3.8, 4) is 10.6 Å². The van der Waals surface area contributed by atoms with Gasteiger partial charge in [-0.15, -0.1) is 22.7 Å². The second-order valence-electron chi connectivity index (χ2n) is 5.36. The molecule has 2 N–H and O–H groups in total. The molecule has 0 bridgehead atoms. The number of aryl methyl sites for hydroxylation is 1. The van der Waals surface area contributed by atoms with Gasteiger partial charge in [0.25, 0.3) is 0 Å². The zero-order valence-corrected chi connectivity index (χ0v) is 14.6. The van der Waals surface area contributed by atoms with Gasteiger partial charge < -0.3 is 10.6 Å². The van der Waals surface area contributed by atoms with Crippen molar-refractivity contribution in [3.63, 3.8) is 0 Å². The highest BCUT2D eigenvalue weighted by atomic mass is 32.1. The summed E-state index contributed by atoms with van der Waals surface area (Å²) < 4.78 is 0. The minimum atomic E-state index is -0.561. The first-order valence-electron chi connectivity index (χ1n) is 6.97. The van der Waals surface area contributed by atoms with Crippen LogP contribution in [0.5, 0.6) is 0 Å². The third kappa shape index (κ3) is 4.14. The number of rotatable bonds is 5. The smallest absolute Gasteiger partial charge is 0.248 e.